The standard InChI is InChI=1S/C15H15IN2O2/c1-9-7-10(16)3-6-14(9)18-15(19)12-8-11(20-2)4-5-13(12)17/h3-8H,17H2,1-2H3,(H,18,19). The van der Waals surface area contributed by atoms with Gasteiger partial charge >= 0.3 is 0 Å². The molecule has 3 N–H and O–H groups in total. The molecule has 0 aromatic heterocycles. The molecule has 104 valence electrons. The van der Waals surface area contributed by atoms with E-state index in [1.54, 1.807) is 25.3 Å². The van der Waals surface area contributed by atoms with Gasteiger partial charge in [0.05, 0.1) is 12.7 Å². The van der Waals surface area contributed by atoms with Crippen molar-refractivity contribution < 1.29 is 9.53 Å². The van der Waals surface area contributed by atoms with Gasteiger partial charge in [-0.2, -0.15) is 0 Å². The maximum absolute atomic E-state index is 12.3. The van der Waals surface area contributed by atoms with Gasteiger partial charge in [-0.15, -0.1) is 0 Å². The molecule has 0 fully saturated rings. The molecule has 0 aliphatic rings. The number of amides is 1. The van der Waals surface area contributed by atoms with Crippen molar-refractivity contribution in [2.24, 2.45) is 0 Å². The summed E-state index contributed by atoms with van der Waals surface area (Å²) in [6.07, 6.45) is 0. The van der Waals surface area contributed by atoms with Gasteiger partial charge in [-0.3, -0.25) is 4.79 Å². The molecule has 1 amide bonds. The Labute approximate surface area is 131 Å². The fourth-order valence-electron chi connectivity index (χ4n) is 1.82. The van der Waals surface area contributed by atoms with E-state index < -0.39 is 0 Å². The number of nitrogen functional groups attached to an aromatic ring is 1. The summed E-state index contributed by atoms with van der Waals surface area (Å²) in [4.78, 5) is 12.3. The predicted octanol–water partition coefficient (Wildman–Crippen LogP) is 3.44. The van der Waals surface area contributed by atoms with Crippen LogP contribution in [0.4, 0.5) is 11.4 Å². The van der Waals surface area contributed by atoms with E-state index in [2.05, 4.69) is 27.9 Å². The highest BCUT2D eigenvalue weighted by atomic mass is 127. The van der Waals surface area contributed by atoms with Crippen molar-refractivity contribution in [3.05, 3.63) is 51.1 Å². The predicted molar refractivity (Wildman–Crippen MR) is 89.3 cm³/mol. The second kappa shape index (κ2) is 6.13. The average molecular weight is 382 g/mol. The van der Waals surface area contributed by atoms with Gasteiger partial charge in [0.2, 0.25) is 0 Å². The van der Waals surface area contributed by atoms with E-state index in [-0.39, 0.29) is 5.91 Å². The van der Waals surface area contributed by atoms with Crippen molar-refractivity contribution in [2.45, 2.75) is 6.92 Å². The lowest BCUT2D eigenvalue weighted by Gasteiger charge is -2.11. The van der Waals surface area contributed by atoms with Crippen LogP contribution in [0.2, 0.25) is 0 Å². The number of methoxy groups -OCH3 is 1. The van der Waals surface area contributed by atoms with Crippen LogP contribution in [0.1, 0.15) is 15.9 Å². The van der Waals surface area contributed by atoms with Crippen molar-refractivity contribution in [3.63, 3.8) is 0 Å². The first-order chi connectivity index (χ1) is 9.51. The van der Waals surface area contributed by atoms with Crippen LogP contribution in [0.25, 0.3) is 0 Å². The van der Waals surface area contributed by atoms with Crippen LogP contribution in [0, 0.1) is 10.5 Å². The molecule has 0 aliphatic carbocycles. The number of benzene rings is 2. The molecule has 0 atom stereocenters. The summed E-state index contributed by atoms with van der Waals surface area (Å²) in [5, 5.41) is 2.87. The number of carbonyl (C=O) groups excluding carboxylic acids is 1. The van der Waals surface area contributed by atoms with Crippen LogP contribution in [-0.4, -0.2) is 13.0 Å². The molecule has 20 heavy (non-hydrogen) atoms. The Morgan fingerprint density at radius 3 is 2.65 bits per heavy atom. The normalized spacial score (nSPS) is 10.2. The maximum atomic E-state index is 12.3. The van der Waals surface area contributed by atoms with E-state index in [1.165, 1.54) is 0 Å². The minimum Gasteiger partial charge on any atom is -0.497 e. The molecule has 0 spiro atoms. The van der Waals surface area contributed by atoms with E-state index in [9.17, 15) is 4.79 Å². The number of rotatable bonds is 3. The summed E-state index contributed by atoms with van der Waals surface area (Å²) in [6, 6.07) is 10.8. The molecule has 2 rings (SSSR count). The molecule has 0 radical (unpaired) electrons. The second-order valence-electron chi connectivity index (χ2n) is 4.37. The number of halogens is 1. The van der Waals surface area contributed by atoms with Gasteiger partial charge in [-0.1, -0.05) is 0 Å². The number of aryl methyl sites for hydroxylation is 1. The molecule has 0 bridgehead atoms. The SMILES string of the molecule is COc1ccc(N)c(C(=O)Nc2ccc(I)cc2C)c1. The van der Waals surface area contributed by atoms with Crippen LogP contribution in [0.3, 0.4) is 0 Å². The zero-order chi connectivity index (χ0) is 14.7. The fraction of sp³-hybridized carbons (Fsp3) is 0.133. The third kappa shape index (κ3) is 3.22. The number of ether oxygens (including phenoxy) is 1. The molecule has 0 saturated heterocycles. The topological polar surface area (TPSA) is 64.3 Å². The lowest BCUT2D eigenvalue weighted by molar-refractivity contribution is 0.102. The lowest BCUT2D eigenvalue weighted by Crippen LogP contribution is -2.15. The van der Waals surface area contributed by atoms with Crippen LogP contribution in [0.15, 0.2) is 36.4 Å². The van der Waals surface area contributed by atoms with E-state index in [0.29, 0.717) is 17.0 Å². The first-order valence-corrected chi connectivity index (χ1v) is 7.10. The smallest absolute Gasteiger partial charge is 0.257 e. The molecule has 0 aliphatic heterocycles. The summed E-state index contributed by atoms with van der Waals surface area (Å²) >= 11 is 2.23. The molecule has 0 saturated carbocycles. The van der Waals surface area contributed by atoms with Gasteiger partial charge in [0.25, 0.3) is 5.91 Å². The van der Waals surface area contributed by atoms with Gasteiger partial charge in [-0.25, -0.2) is 0 Å². The molecule has 2 aromatic carbocycles. The molecule has 4 nitrogen and oxygen atoms in total. The molecule has 0 heterocycles. The van der Waals surface area contributed by atoms with Gasteiger partial charge in [0.1, 0.15) is 5.75 Å². The third-order valence-corrected chi connectivity index (χ3v) is 3.61. The highest BCUT2D eigenvalue weighted by Crippen LogP contribution is 2.22. The minimum absolute atomic E-state index is 0.245. The summed E-state index contributed by atoms with van der Waals surface area (Å²) in [5.41, 5.74) is 8.45. The number of nitrogens with one attached hydrogen (secondary N) is 1. The largest absolute Gasteiger partial charge is 0.497 e. The summed E-state index contributed by atoms with van der Waals surface area (Å²) in [6.45, 7) is 1.95. The van der Waals surface area contributed by atoms with Crippen molar-refractivity contribution in [1.82, 2.24) is 0 Å². The van der Waals surface area contributed by atoms with Crippen LogP contribution in [-0.2, 0) is 0 Å². The summed E-state index contributed by atoms with van der Waals surface area (Å²) in [5.74, 6) is 0.356. The highest BCUT2D eigenvalue weighted by molar-refractivity contribution is 14.1. The summed E-state index contributed by atoms with van der Waals surface area (Å²) in [7, 11) is 1.55. The molecule has 5 heteroatoms. The van der Waals surface area contributed by atoms with Crippen molar-refractivity contribution in [2.75, 3.05) is 18.2 Å². The second-order valence-corrected chi connectivity index (χ2v) is 5.61. The quantitative estimate of drug-likeness (QED) is 0.632. The summed E-state index contributed by atoms with van der Waals surface area (Å²) < 4.78 is 6.24. The van der Waals surface area contributed by atoms with Crippen LogP contribution < -0.4 is 15.8 Å². The Balaban J connectivity index is 2.28. The fourth-order valence-corrected chi connectivity index (χ4v) is 2.46. The van der Waals surface area contributed by atoms with E-state index >= 15 is 0 Å². The Hall–Kier alpha value is -1.76. The Morgan fingerprint density at radius 1 is 1.25 bits per heavy atom. The van der Waals surface area contributed by atoms with Gasteiger partial charge in [0, 0.05) is 14.9 Å². The third-order valence-electron chi connectivity index (χ3n) is 2.94. The lowest BCUT2D eigenvalue weighted by atomic mass is 10.1. The van der Waals surface area contributed by atoms with E-state index in [4.69, 9.17) is 10.5 Å². The number of hydrogen-bond acceptors (Lipinski definition) is 3. The van der Waals surface area contributed by atoms with Crippen molar-refractivity contribution >= 4 is 39.9 Å². The number of carbonyl (C=O) groups is 1. The Kier molecular flexibility index (Phi) is 4.49. The molecule has 0 unspecified atom stereocenters. The highest BCUT2D eigenvalue weighted by Gasteiger charge is 2.12. The number of anilines is 2. The van der Waals surface area contributed by atoms with Crippen molar-refractivity contribution in [3.8, 4) is 5.75 Å². The van der Waals surface area contributed by atoms with E-state index in [0.717, 1.165) is 14.8 Å². The maximum Gasteiger partial charge on any atom is 0.257 e. The Morgan fingerprint density at radius 2 is 2.00 bits per heavy atom. The van der Waals surface area contributed by atoms with Gasteiger partial charge in [0.15, 0.2) is 0 Å². The van der Waals surface area contributed by atoms with Crippen LogP contribution >= 0.6 is 22.6 Å². The van der Waals surface area contributed by atoms with Gasteiger partial charge in [-0.05, 0) is 71.5 Å². The number of nitrogens with two attached hydrogens (primary N) is 1. The Bertz CT molecular complexity index is 656. The minimum atomic E-state index is -0.245. The zero-order valence-corrected chi connectivity index (χ0v) is 13.4. The van der Waals surface area contributed by atoms with Gasteiger partial charge < -0.3 is 15.8 Å². The average Bonchev–Trinajstić information content (AvgIpc) is 2.42. The monoisotopic (exact) mass is 382 g/mol. The number of hydrogen-bond donors (Lipinski definition) is 2. The molecular formula is C15H15IN2O2. The first kappa shape index (κ1) is 14.6. The van der Waals surface area contributed by atoms with Crippen LogP contribution in [0.5, 0.6) is 5.75 Å². The molecule has 2 aromatic rings. The zero-order valence-electron chi connectivity index (χ0n) is 11.2. The first-order valence-electron chi connectivity index (χ1n) is 6.02. The van der Waals surface area contributed by atoms with E-state index in [1.807, 2.05) is 25.1 Å². The van der Waals surface area contributed by atoms with Crippen molar-refractivity contribution in [1.29, 1.82) is 0 Å². The molecular weight excluding hydrogens is 367 g/mol.